The van der Waals surface area contributed by atoms with Gasteiger partial charge in [0.2, 0.25) is 0 Å². The number of para-hydroxylation sites is 1. The fourth-order valence-corrected chi connectivity index (χ4v) is 2.53. The second kappa shape index (κ2) is 4.94. The Kier molecular flexibility index (Phi) is 3.10. The molecule has 5 nitrogen and oxygen atoms in total. The Labute approximate surface area is 121 Å². The molecule has 5 heteroatoms. The van der Waals surface area contributed by atoms with E-state index >= 15 is 0 Å². The molecule has 0 radical (unpaired) electrons. The first-order chi connectivity index (χ1) is 10.1. The zero-order chi connectivity index (χ0) is 15.0. The predicted molar refractivity (Wildman–Crippen MR) is 80.6 cm³/mol. The van der Waals surface area contributed by atoms with Gasteiger partial charge in [0.15, 0.2) is 0 Å². The van der Waals surface area contributed by atoms with E-state index in [0.717, 1.165) is 22.2 Å². The molecule has 21 heavy (non-hydrogen) atoms. The number of H-pyrrole nitrogens is 1. The Balaban J connectivity index is 2.04. The standard InChI is InChI=1S/C16H14N2O3/c1-10-13-4-2-3-5-14(13)17-15(10)9-11-8-12(18(20)21)6-7-16(11)19/h2-8,17,19H,9H2,1H3. The summed E-state index contributed by atoms with van der Waals surface area (Å²) in [6, 6.07) is 12.0. The van der Waals surface area contributed by atoms with Crippen molar-refractivity contribution < 1.29 is 10.0 Å². The lowest BCUT2D eigenvalue weighted by Gasteiger charge is -2.04. The lowest BCUT2D eigenvalue weighted by atomic mass is 10.0. The molecule has 0 amide bonds. The minimum absolute atomic E-state index is 0.0171. The summed E-state index contributed by atoms with van der Waals surface area (Å²) in [5, 5.41) is 21.9. The van der Waals surface area contributed by atoms with E-state index in [-0.39, 0.29) is 11.4 Å². The van der Waals surface area contributed by atoms with Gasteiger partial charge in [-0.1, -0.05) is 18.2 Å². The van der Waals surface area contributed by atoms with Crippen molar-refractivity contribution in [1.82, 2.24) is 4.98 Å². The quantitative estimate of drug-likeness (QED) is 0.568. The first-order valence-corrected chi connectivity index (χ1v) is 6.58. The van der Waals surface area contributed by atoms with Crippen LogP contribution in [0.2, 0.25) is 0 Å². The number of aromatic nitrogens is 1. The van der Waals surface area contributed by atoms with Gasteiger partial charge in [-0.2, -0.15) is 0 Å². The van der Waals surface area contributed by atoms with Crippen LogP contribution in [-0.4, -0.2) is 15.0 Å². The average Bonchev–Trinajstić information content (AvgIpc) is 2.78. The Bertz CT molecular complexity index is 837. The molecule has 0 aliphatic carbocycles. The van der Waals surface area contributed by atoms with Gasteiger partial charge < -0.3 is 10.1 Å². The summed E-state index contributed by atoms with van der Waals surface area (Å²) in [5.74, 6) is 0.0682. The number of hydrogen-bond donors (Lipinski definition) is 2. The van der Waals surface area contributed by atoms with Crippen molar-refractivity contribution in [3.05, 3.63) is 69.4 Å². The van der Waals surface area contributed by atoms with Gasteiger partial charge in [-0.05, 0) is 24.6 Å². The van der Waals surface area contributed by atoms with Gasteiger partial charge in [-0.25, -0.2) is 0 Å². The molecule has 1 aromatic heterocycles. The molecule has 0 atom stereocenters. The van der Waals surface area contributed by atoms with Crippen LogP contribution in [-0.2, 0) is 6.42 Å². The number of rotatable bonds is 3. The van der Waals surface area contributed by atoms with Crippen LogP contribution in [0.25, 0.3) is 10.9 Å². The van der Waals surface area contributed by atoms with E-state index in [1.54, 1.807) is 0 Å². The molecule has 106 valence electrons. The molecule has 0 aliphatic rings. The molecule has 2 N–H and O–H groups in total. The maximum Gasteiger partial charge on any atom is 0.269 e. The molecule has 0 aliphatic heterocycles. The van der Waals surface area contributed by atoms with Gasteiger partial charge in [0.1, 0.15) is 5.75 Å². The third-order valence-electron chi connectivity index (χ3n) is 3.71. The van der Waals surface area contributed by atoms with Crippen LogP contribution in [0.15, 0.2) is 42.5 Å². The van der Waals surface area contributed by atoms with E-state index in [1.165, 1.54) is 18.2 Å². The van der Waals surface area contributed by atoms with Crippen molar-refractivity contribution in [1.29, 1.82) is 0 Å². The number of phenolic OH excluding ortho intramolecular Hbond substituents is 1. The predicted octanol–water partition coefficient (Wildman–Crippen LogP) is 3.68. The van der Waals surface area contributed by atoms with Crippen LogP contribution in [0.4, 0.5) is 5.69 Å². The van der Waals surface area contributed by atoms with Crippen molar-refractivity contribution in [2.75, 3.05) is 0 Å². The highest BCUT2D eigenvalue weighted by molar-refractivity contribution is 5.84. The van der Waals surface area contributed by atoms with Crippen molar-refractivity contribution in [2.24, 2.45) is 0 Å². The topological polar surface area (TPSA) is 79.2 Å². The smallest absolute Gasteiger partial charge is 0.269 e. The van der Waals surface area contributed by atoms with Crippen LogP contribution < -0.4 is 0 Å². The largest absolute Gasteiger partial charge is 0.508 e. The van der Waals surface area contributed by atoms with Crippen molar-refractivity contribution in [3.63, 3.8) is 0 Å². The van der Waals surface area contributed by atoms with Crippen LogP contribution in [0.3, 0.4) is 0 Å². The Morgan fingerprint density at radius 3 is 2.71 bits per heavy atom. The second-order valence-corrected chi connectivity index (χ2v) is 5.02. The summed E-state index contributed by atoms with van der Waals surface area (Å²) < 4.78 is 0. The fourth-order valence-electron chi connectivity index (χ4n) is 2.53. The Morgan fingerprint density at radius 2 is 2.00 bits per heavy atom. The van der Waals surface area contributed by atoms with E-state index < -0.39 is 4.92 Å². The van der Waals surface area contributed by atoms with Crippen LogP contribution in [0.5, 0.6) is 5.75 Å². The van der Waals surface area contributed by atoms with Gasteiger partial charge in [0, 0.05) is 40.7 Å². The lowest BCUT2D eigenvalue weighted by Crippen LogP contribution is -1.94. The first kappa shape index (κ1) is 13.2. The minimum Gasteiger partial charge on any atom is -0.508 e. The normalized spacial score (nSPS) is 10.9. The monoisotopic (exact) mass is 282 g/mol. The number of aromatic hydroxyl groups is 1. The molecule has 0 saturated carbocycles. The van der Waals surface area contributed by atoms with Gasteiger partial charge in [0.05, 0.1) is 4.92 Å². The zero-order valence-corrected chi connectivity index (χ0v) is 11.5. The minimum atomic E-state index is -0.457. The SMILES string of the molecule is Cc1c(Cc2cc([N+](=O)[O-])ccc2O)[nH]c2ccccc12. The summed E-state index contributed by atoms with van der Waals surface area (Å²) in [6.07, 6.45) is 0.425. The number of aromatic amines is 1. The number of benzene rings is 2. The van der Waals surface area contributed by atoms with E-state index in [1.807, 2.05) is 31.2 Å². The summed E-state index contributed by atoms with van der Waals surface area (Å²) in [7, 11) is 0. The number of nitro benzene ring substituents is 1. The third kappa shape index (κ3) is 2.33. The molecule has 3 aromatic rings. The molecule has 0 bridgehead atoms. The number of nitrogens with zero attached hydrogens (tertiary/aromatic N) is 1. The van der Waals surface area contributed by atoms with E-state index in [0.29, 0.717) is 12.0 Å². The molecule has 0 saturated heterocycles. The summed E-state index contributed by atoms with van der Waals surface area (Å²) >= 11 is 0. The highest BCUT2D eigenvalue weighted by atomic mass is 16.6. The summed E-state index contributed by atoms with van der Waals surface area (Å²) in [6.45, 7) is 2.00. The summed E-state index contributed by atoms with van der Waals surface area (Å²) in [5.41, 5.74) is 3.59. The highest BCUT2D eigenvalue weighted by Gasteiger charge is 2.13. The van der Waals surface area contributed by atoms with Crippen LogP contribution >= 0.6 is 0 Å². The van der Waals surface area contributed by atoms with E-state index in [9.17, 15) is 15.2 Å². The first-order valence-electron chi connectivity index (χ1n) is 6.58. The Morgan fingerprint density at radius 1 is 1.24 bits per heavy atom. The number of non-ortho nitro benzene ring substituents is 1. The second-order valence-electron chi connectivity index (χ2n) is 5.02. The van der Waals surface area contributed by atoms with Gasteiger partial charge in [-0.3, -0.25) is 10.1 Å². The summed E-state index contributed by atoms with van der Waals surface area (Å²) in [4.78, 5) is 13.7. The zero-order valence-electron chi connectivity index (χ0n) is 11.5. The van der Waals surface area contributed by atoms with E-state index in [2.05, 4.69) is 4.98 Å². The number of phenols is 1. The van der Waals surface area contributed by atoms with Gasteiger partial charge in [-0.15, -0.1) is 0 Å². The molecule has 0 unspecified atom stereocenters. The van der Waals surface area contributed by atoms with Crippen LogP contribution in [0, 0.1) is 17.0 Å². The van der Waals surface area contributed by atoms with Crippen molar-refractivity contribution in [2.45, 2.75) is 13.3 Å². The third-order valence-corrected chi connectivity index (χ3v) is 3.71. The lowest BCUT2D eigenvalue weighted by molar-refractivity contribution is -0.384. The highest BCUT2D eigenvalue weighted by Crippen LogP contribution is 2.28. The number of fused-ring (bicyclic) bond motifs is 1. The molecule has 3 rings (SSSR count). The van der Waals surface area contributed by atoms with Crippen molar-refractivity contribution in [3.8, 4) is 5.75 Å². The van der Waals surface area contributed by atoms with Crippen molar-refractivity contribution >= 4 is 16.6 Å². The molecule has 2 aromatic carbocycles. The number of nitrogens with one attached hydrogen (secondary N) is 1. The maximum atomic E-state index is 10.8. The Hall–Kier alpha value is -2.82. The number of nitro groups is 1. The number of aryl methyl sites for hydroxylation is 1. The molecule has 0 fully saturated rings. The molecular formula is C16H14N2O3. The molecular weight excluding hydrogens is 268 g/mol. The maximum absolute atomic E-state index is 10.8. The van der Waals surface area contributed by atoms with E-state index in [4.69, 9.17) is 0 Å². The number of hydrogen-bond acceptors (Lipinski definition) is 3. The fraction of sp³-hybridized carbons (Fsp3) is 0.125. The molecule has 0 spiro atoms. The molecule has 1 heterocycles. The van der Waals surface area contributed by atoms with Gasteiger partial charge >= 0.3 is 0 Å². The van der Waals surface area contributed by atoms with Gasteiger partial charge in [0.25, 0.3) is 5.69 Å². The average molecular weight is 282 g/mol. The van der Waals surface area contributed by atoms with Crippen LogP contribution in [0.1, 0.15) is 16.8 Å².